The molecule has 2 fully saturated rings. The van der Waals surface area contributed by atoms with Crippen LogP contribution in [0.15, 0.2) is 24.3 Å². The molecule has 2 unspecified atom stereocenters. The van der Waals surface area contributed by atoms with Gasteiger partial charge in [0.15, 0.2) is 0 Å². The number of urea groups is 1. The first-order valence-corrected chi connectivity index (χ1v) is 7.08. The molecule has 102 valence electrons. The smallest absolute Gasteiger partial charge is 0.318 e. The highest BCUT2D eigenvalue weighted by Crippen LogP contribution is 2.24. The number of carbonyl (C=O) groups excluding carboxylic acids is 1. The van der Waals surface area contributed by atoms with Crippen LogP contribution in [0.2, 0.25) is 0 Å². The fourth-order valence-electron chi connectivity index (χ4n) is 3.05. The monoisotopic (exact) mass is 259 g/mol. The first kappa shape index (κ1) is 12.5. The quantitative estimate of drug-likeness (QED) is 0.851. The third-order valence-electron chi connectivity index (χ3n) is 4.09. The number of hydrogen-bond acceptors (Lipinski definition) is 2. The van der Waals surface area contributed by atoms with Crippen LogP contribution in [0.5, 0.6) is 0 Å². The largest absolute Gasteiger partial charge is 0.329 e. The summed E-state index contributed by atoms with van der Waals surface area (Å²) in [5, 5.41) is 6.48. The third-order valence-corrected chi connectivity index (χ3v) is 4.09. The number of carbonyl (C=O) groups is 1. The molecule has 1 aromatic carbocycles. The molecule has 0 saturated carbocycles. The highest BCUT2D eigenvalue weighted by molar-refractivity contribution is 5.77. The van der Waals surface area contributed by atoms with Crippen LogP contribution in [-0.4, -0.2) is 36.6 Å². The Labute approximate surface area is 114 Å². The Morgan fingerprint density at radius 1 is 1.37 bits per heavy atom. The van der Waals surface area contributed by atoms with E-state index in [1.54, 1.807) is 0 Å². The zero-order valence-electron chi connectivity index (χ0n) is 11.4. The number of hydrogen-bond donors (Lipinski definition) is 2. The van der Waals surface area contributed by atoms with Crippen molar-refractivity contribution in [2.45, 2.75) is 31.8 Å². The lowest BCUT2D eigenvalue weighted by Gasteiger charge is -2.30. The Hall–Kier alpha value is -1.55. The molecule has 19 heavy (non-hydrogen) atoms. The number of piperidine rings is 1. The standard InChI is InChI=1S/C15H21N3O/c1-11-4-2-5-12(8-11)14-10-18(15(19)17-14)13-6-3-7-16-9-13/h2,4-5,8,13-14,16H,3,6-7,9-10H2,1H3,(H,17,19). The van der Waals surface area contributed by atoms with Gasteiger partial charge in [-0.15, -0.1) is 0 Å². The maximum atomic E-state index is 12.1. The molecular formula is C15H21N3O. The van der Waals surface area contributed by atoms with Crippen molar-refractivity contribution in [2.75, 3.05) is 19.6 Å². The van der Waals surface area contributed by atoms with Crippen LogP contribution in [0.25, 0.3) is 0 Å². The van der Waals surface area contributed by atoms with Crippen molar-refractivity contribution in [1.82, 2.24) is 15.5 Å². The predicted octanol–water partition coefficient (Wildman–Crippen LogP) is 1.81. The van der Waals surface area contributed by atoms with E-state index >= 15 is 0 Å². The van der Waals surface area contributed by atoms with Gasteiger partial charge in [0.2, 0.25) is 0 Å². The minimum atomic E-state index is 0.0835. The molecular weight excluding hydrogens is 238 g/mol. The summed E-state index contributed by atoms with van der Waals surface area (Å²) in [6.45, 7) is 4.87. The van der Waals surface area contributed by atoms with Crippen molar-refractivity contribution >= 4 is 6.03 Å². The van der Waals surface area contributed by atoms with Crippen LogP contribution in [0.1, 0.15) is 30.0 Å². The van der Waals surface area contributed by atoms with E-state index in [9.17, 15) is 4.79 Å². The van der Waals surface area contributed by atoms with Crippen molar-refractivity contribution in [3.8, 4) is 0 Å². The van der Waals surface area contributed by atoms with Gasteiger partial charge < -0.3 is 15.5 Å². The first-order chi connectivity index (χ1) is 9.24. The van der Waals surface area contributed by atoms with Crippen molar-refractivity contribution < 1.29 is 4.79 Å². The van der Waals surface area contributed by atoms with Crippen molar-refractivity contribution in [2.24, 2.45) is 0 Å². The number of nitrogens with one attached hydrogen (secondary N) is 2. The molecule has 2 atom stereocenters. The summed E-state index contributed by atoms with van der Waals surface area (Å²) < 4.78 is 0. The zero-order valence-corrected chi connectivity index (χ0v) is 11.4. The van der Waals surface area contributed by atoms with Gasteiger partial charge in [-0.3, -0.25) is 0 Å². The molecule has 3 rings (SSSR count). The summed E-state index contributed by atoms with van der Waals surface area (Å²) in [4.78, 5) is 14.1. The lowest BCUT2D eigenvalue weighted by Crippen LogP contribution is -2.47. The van der Waals surface area contributed by atoms with Gasteiger partial charge in [0, 0.05) is 19.1 Å². The van der Waals surface area contributed by atoms with Gasteiger partial charge in [-0.1, -0.05) is 29.8 Å². The Morgan fingerprint density at radius 3 is 3.00 bits per heavy atom. The molecule has 2 aliphatic rings. The number of aryl methyl sites for hydroxylation is 1. The summed E-state index contributed by atoms with van der Waals surface area (Å²) in [5.41, 5.74) is 2.45. The maximum Gasteiger partial charge on any atom is 0.318 e. The van der Waals surface area contributed by atoms with Gasteiger partial charge in [-0.05, 0) is 31.9 Å². The fraction of sp³-hybridized carbons (Fsp3) is 0.533. The van der Waals surface area contributed by atoms with Gasteiger partial charge in [0.1, 0.15) is 0 Å². The van der Waals surface area contributed by atoms with E-state index in [1.165, 1.54) is 11.1 Å². The second-order valence-electron chi connectivity index (χ2n) is 5.57. The summed E-state index contributed by atoms with van der Waals surface area (Å²) >= 11 is 0. The van der Waals surface area contributed by atoms with E-state index in [4.69, 9.17) is 0 Å². The van der Waals surface area contributed by atoms with E-state index in [0.717, 1.165) is 32.5 Å². The van der Waals surface area contributed by atoms with Gasteiger partial charge in [-0.2, -0.15) is 0 Å². The molecule has 2 amide bonds. The summed E-state index contributed by atoms with van der Waals surface area (Å²) in [6, 6.07) is 8.97. The molecule has 2 heterocycles. The lowest BCUT2D eigenvalue weighted by molar-refractivity contribution is 0.184. The van der Waals surface area contributed by atoms with Crippen LogP contribution in [0.4, 0.5) is 4.79 Å². The number of benzene rings is 1. The van der Waals surface area contributed by atoms with Gasteiger partial charge in [-0.25, -0.2) is 4.79 Å². The number of rotatable bonds is 2. The molecule has 0 spiro atoms. The molecule has 2 N–H and O–H groups in total. The third kappa shape index (κ3) is 2.59. The Bertz CT molecular complexity index is 468. The zero-order chi connectivity index (χ0) is 13.2. The van der Waals surface area contributed by atoms with E-state index in [0.29, 0.717) is 6.04 Å². The second-order valence-corrected chi connectivity index (χ2v) is 5.57. The Morgan fingerprint density at radius 2 is 2.26 bits per heavy atom. The molecule has 4 heteroatoms. The van der Waals surface area contributed by atoms with Crippen molar-refractivity contribution in [3.05, 3.63) is 35.4 Å². The summed E-state index contributed by atoms with van der Waals surface area (Å²) in [6.07, 6.45) is 2.27. The van der Waals surface area contributed by atoms with E-state index in [1.807, 2.05) is 4.90 Å². The molecule has 0 radical (unpaired) electrons. The minimum Gasteiger partial charge on any atom is -0.329 e. The SMILES string of the molecule is Cc1cccc(C2CN(C3CCCNC3)C(=O)N2)c1. The normalized spacial score (nSPS) is 27.4. The molecule has 2 aliphatic heterocycles. The minimum absolute atomic E-state index is 0.0835. The molecule has 0 aromatic heterocycles. The van der Waals surface area contributed by atoms with Gasteiger partial charge in [0.25, 0.3) is 0 Å². The summed E-state index contributed by atoms with van der Waals surface area (Å²) in [7, 11) is 0. The van der Waals surface area contributed by atoms with Crippen LogP contribution in [-0.2, 0) is 0 Å². The fourth-order valence-corrected chi connectivity index (χ4v) is 3.05. The lowest BCUT2D eigenvalue weighted by atomic mass is 10.0. The molecule has 1 aromatic rings. The van der Waals surface area contributed by atoms with Gasteiger partial charge in [0.05, 0.1) is 6.04 Å². The molecule has 0 bridgehead atoms. The highest BCUT2D eigenvalue weighted by Gasteiger charge is 2.34. The van der Waals surface area contributed by atoms with E-state index < -0.39 is 0 Å². The van der Waals surface area contributed by atoms with Crippen molar-refractivity contribution in [1.29, 1.82) is 0 Å². The highest BCUT2D eigenvalue weighted by atomic mass is 16.2. The molecule has 4 nitrogen and oxygen atoms in total. The number of amides is 2. The molecule has 0 aliphatic carbocycles. The topological polar surface area (TPSA) is 44.4 Å². The Kier molecular flexibility index (Phi) is 3.42. The second kappa shape index (κ2) is 5.21. The van der Waals surface area contributed by atoms with Crippen LogP contribution < -0.4 is 10.6 Å². The predicted molar refractivity (Wildman–Crippen MR) is 75.0 cm³/mol. The average Bonchev–Trinajstić information content (AvgIpc) is 2.82. The van der Waals surface area contributed by atoms with Crippen LogP contribution >= 0.6 is 0 Å². The van der Waals surface area contributed by atoms with Crippen molar-refractivity contribution in [3.63, 3.8) is 0 Å². The van der Waals surface area contributed by atoms with E-state index in [2.05, 4.69) is 41.8 Å². The average molecular weight is 259 g/mol. The van der Waals surface area contributed by atoms with Crippen LogP contribution in [0, 0.1) is 6.92 Å². The Balaban J connectivity index is 1.72. The van der Waals surface area contributed by atoms with E-state index in [-0.39, 0.29) is 12.1 Å². The first-order valence-electron chi connectivity index (χ1n) is 7.08. The van der Waals surface area contributed by atoms with Crippen LogP contribution in [0.3, 0.4) is 0 Å². The number of nitrogens with zero attached hydrogens (tertiary/aromatic N) is 1. The molecule has 2 saturated heterocycles. The summed E-state index contributed by atoms with van der Waals surface area (Å²) in [5.74, 6) is 0. The van der Waals surface area contributed by atoms with Gasteiger partial charge >= 0.3 is 6.03 Å². The maximum absolute atomic E-state index is 12.1.